The lowest BCUT2D eigenvalue weighted by molar-refractivity contribution is 0.0831. The Bertz CT molecular complexity index is 1030. The number of sulfonamides is 1. The summed E-state index contributed by atoms with van der Waals surface area (Å²) in [4.78, 5) is 23.7. The van der Waals surface area contributed by atoms with Crippen molar-refractivity contribution < 1.29 is 22.4 Å². The fraction of sp³-hybridized carbons (Fsp3) is 0. The van der Waals surface area contributed by atoms with Gasteiger partial charge in [-0.1, -0.05) is 18.2 Å². The molecule has 0 unspecified atom stereocenters. The second kappa shape index (κ2) is 7.75. The van der Waals surface area contributed by atoms with Crippen LogP contribution in [-0.4, -0.2) is 20.2 Å². The summed E-state index contributed by atoms with van der Waals surface area (Å²) in [6, 6.07) is 16.7. The minimum absolute atomic E-state index is 0.00234. The largest absolute Gasteiger partial charge is 0.459 e. The number of nitrogens with one attached hydrogen (secondary N) is 3. The molecule has 9 heteroatoms. The zero-order valence-electron chi connectivity index (χ0n) is 13.9. The number of amides is 2. The lowest BCUT2D eigenvalue weighted by atomic mass is 10.2. The van der Waals surface area contributed by atoms with Gasteiger partial charge < -0.3 is 4.42 Å². The number of hydrogen-bond donors (Lipinski definition) is 3. The zero-order valence-corrected chi connectivity index (χ0v) is 14.7. The SMILES string of the molecule is O=C(NNC(=O)c1ccco1)c1ccc(S(=O)(=O)Nc2ccccc2)cc1. The van der Waals surface area contributed by atoms with E-state index in [1.165, 1.54) is 36.6 Å². The Morgan fingerprint density at radius 1 is 0.778 bits per heavy atom. The maximum atomic E-state index is 12.4. The van der Waals surface area contributed by atoms with E-state index in [2.05, 4.69) is 15.6 Å². The highest BCUT2D eigenvalue weighted by molar-refractivity contribution is 7.92. The van der Waals surface area contributed by atoms with Crippen LogP contribution in [0.25, 0.3) is 0 Å². The van der Waals surface area contributed by atoms with E-state index >= 15 is 0 Å². The van der Waals surface area contributed by atoms with Crippen molar-refractivity contribution in [2.75, 3.05) is 4.72 Å². The molecule has 0 bridgehead atoms. The van der Waals surface area contributed by atoms with Gasteiger partial charge in [-0.15, -0.1) is 0 Å². The lowest BCUT2D eigenvalue weighted by Crippen LogP contribution is -2.41. The maximum absolute atomic E-state index is 12.4. The highest BCUT2D eigenvalue weighted by Gasteiger charge is 2.16. The van der Waals surface area contributed by atoms with Crippen molar-refractivity contribution in [3.63, 3.8) is 0 Å². The summed E-state index contributed by atoms with van der Waals surface area (Å²) in [5.74, 6) is -1.17. The van der Waals surface area contributed by atoms with E-state index in [1.54, 1.807) is 36.4 Å². The molecule has 2 amide bonds. The molecule has 1 heterocycles. The molecule has 1 aromatic heterocycles. The Kier molecular flexibility index (Phi) is 5.23. The summed E-state index contributed by atoms with van der Waals surface area (Å²) in [6.45, 7) is 0. The first-order chi connectivity index (χ1) is 13.0. The van der Waals surface area contributed by atoms with Gasteiger partial charge in [-0.05, 0) is 48.5 Å². The van der Waals surface area contributed by atoms with Gasteiger partial charge in [0.1, 0.15) is 0 Å². The number of carbonyl (C=O) groups is 2. The molecule has 3 N–H and O–H groups in total. The third kappa shape index (κ3) is 4.53. The summed E-state index contributed by atoms with van der Waals surface area (Å²) in [6.07, 6.45) is 1.33. The van der Waals surface area contributed by atoms with Crippen LogP contribution in [0.1, 0.15) is 20.9 Å². The molecule has 0 saturated carbocycles. The zero-order chi connectivity index (χ0) is 19.3. The normalized spacial score (nSPS) is 10.8. The van der Waals surface area contributed by atoms with Crippen LogP contribution in [0.3, 0.4) is 0 Å². The highest BCUT2D eigenvalue weighted by atomic mass is 32.2. The molecule has 0 atom stereocenters. The molecule has 2 aromatic carbocycles. The van der Waals surface area contributed by atoms with Crippen molar-refractivity contribution in [1.29, 1.82) is 0 Å². The minimum atomic E-state index is -3.77. The van der Waals surface area contributed by atoms with Crippen molar-refractivity contribution >= 4 is 27.5 Å². The van der Waals surface area contributed by atoms with E-state index in [1.807, 2.05) is 0 Å². The molecule has 27 heavy (non-hydrogen) atoms. The van der Waals surface area contributed by atoms with Crippen LogP contribution in [-0.2, 0) is 10.0 Å². The molecule has 0 fully saturated rings. The standard InChI is InChI=1S/C18H15N3O5S/c22-17(19-20-18(23)16-7-4-12-26-16)13-8-10-15(11-9-13)27(24,25)21-14-5-2-1-3-6-14/h1-12,21H,(H,19,22)(H,20,23). The third-order valence-electron chi connectivity index (χ3n) is 3.49. The molecule has 8 nitrogen and oxygen atoms in total. The van der Waals surface area contributed by atoms with Crippen LogP contribution < -0.4 is 15.6 Å². The summed E-state index contributed by atoms with van der Waals surface area (Å²) in [5, 5.41) is 0. The highest BCUT2D eigenvalue weighted by Crippen LogP contribution is 2.16. The monoisotopic (exact) mass is 385 g/mol. The van der Waals surface area contributed by atoms with Crippen LogP contribution in [0.4, 0.5) is 5.69 Å². The van der Waals surface area contributed by atoms with Crippen molar-refractivity contribution in [3.8, 4) is 0 Å². The van der Waals surface area contributed by atoms with Gasteiger partial charge in [-0.2, -0.15) is 0 Å². The van der Waals surface area contributed by atoms with Crippen molar-refractivity contribution in [2.24, 2.45) is 0 Å². The van der Waals surface area contributed by atoms with Crippen LogP contribution in [0, 0.1) is 0 Å². The van der Waals surface area contributed by atoms with Gasteiger partial charge in [0.15, 0.2) is 5.76 Å². The third-order valence-corrected chi connectivity index (χ3v) is 4.88. The predicted octanol–water partition coefficient (Wildman–Crippen LogP) is 2.16. The molecular weight excluding hydrogens is 370 g/mol. The summed E-state index contributed by atoms with van der Waals surface area (Å²) < 4.78 is 32.0. The molecule has 3 aromatic rings. The van der Waals surface area contributed by atoms with E-state index in [-0.39, 0.29) is 16.2 Å². The van der Waals surface area contributed by atoms with Gasteiger partial charge in [0.2, 0.25) is 0 Å². The number of rotatable bonds is 5. The molecule has 0 saturated heterocycles. The molecule has 0 aliphatic heterocycles. The topological polar surface area (TPSA) is 118 Å². The summed E-state index contributed by atoms with van der Waals surface area (Å²) in [5.41, 5.74) is 5.02. The number of hydrazine groups is 1. The lowest BCUT2D eigenvalue weighted by Gasteiger charge is -2.09. The van der Waals surface area contributed by atoms with Gasteiger partial charge >= 0.3 is 5.91 Å². The van der Waals surface area contributed by atoms with Crippen molar-refractivity contribution in [1.82, 2.24) is 10.9 Å². The Balaban J connectivity index is 1.64. The second-order valence-electron chi connectivity index (χ2n) is 5.38. The Labute approximate surface area is 155 Å². The average molecular weight is 385 g/mol. The number of hydrogen-bond acceptors (Lipinski definition) is 5. The fourth-order valence-electron chi connectivity index (χ4n) is 2.16. The first-order valence-electron chi connectivity index (χ1n) is 7.78. The van der Waals surface area contributed by atoms with Gasteiger partial charge in [0.25, 0.3) is 15.9 Å². The van der Waals surface area contributed by atoms with Crippen LogP contribution >= 0.6 is 0 Å². The summed E-state index contributed by atoms with van der Waals surface area (Å²) >= 11 is 0. The van der Waals surface area contributed by atoms with Gasteiger partial charge in [-0.25, -0.2) is 8.42 Å². The summed E-state index contributed by atoms with van der Waals surface area (Å²) in [7, 11) is -3.77. The average Bonchev–Trinajstić information content (AvgIpc) is 3.21. The minimum Gasteiger partial charge on any atom is -0.459 e. The van der Waals surface area contributed by atoms with Gasteiger partial charge in [-0.3, -0.25) is 25.2 Å². The molecular formula is C18H15N3O5S. The van der Waals surface area contributed by atoms with Crippen LogP contribution in [0.5, 0.6) is 0 Å². The Morgan fingerprint density at radius 2 is 1.44 bits per heavy atom. The Hall–Kier alpha value is -3.59. The fourth-order valence-corrected chi connectivity index (χ4v) is 3.22. The molecule has 3 rings (SSSR count). The first-order valence-corrected chi connectivity index (χ1v) is 9.26. The van der Waals surface area contributed by atoms with E-state index in [4.69, 9.17) is 4.42 Å². The van der Waals surface area contributed by atoms with Crippen molar-refractivity contribution in [2.45, 2.75) is 4.90 Å². The van der Waals surface area contributed by atoms with E-state index in [0.717, 1.165) is 0 Å². The molecule has 0 spiro atoms. The molecule has 138 valence electrons. The molecule has 0 aliphatic rings. The number of benzene rings is 2. The first kappa shape index (κ1) is 18.2. The van der Waals surface area contributed by atoms with Crippen molar-refractivity contribution in [3.05, 3.63) is 84.3 Å². The number of carbonyl (C=O) groups excluding carboxylic acids is 2. The number of para-hydroxylation sites is 1. The van der Waals surface area contributed by atoms with E-state index in [9.17, 15) is 18.0 Å². The molecule has 0 aliphatic carbocycles. The Morgan fingerprint density at radius 3 is 2.07 bits per heavy atom. The second-order valence-corrected chi connectivity index (χ2v) is 7.06. The quantitative estimate of drug-likeness (QED) is 0.582. The van der Waals surface area contributed by atoms with E-state index in [0.29, 0.717) is 5.69 Å². The predicted molar refractivity (Wildman–Crippen MR) is 97.3 cm³/mol. The van der Waals surface area contributed by atoms with Crippen LogP contribution in [0.15, 0.2) is 82.3 Å². The maximum Gasteiger partial charge on any atom is 0.305 e. The van der Waals surface area contributed by atoms with Gasteiger partial charge in [0.05, 0.1) is 11.2 Å². The van der Waals surface area contributed by atoms with Gasteiger partial charge in [0, 0.05) is 11.3 Å². The number of anilines is 1. The smallest absolute Gasteiger partial charge is 0.305 e. The van der Waals surface area contributed by atoms with E-state index < -0.39 is 21.8 Å². The van der Waals surface area contributed by atoms with Crippen LogP contribution in [0.2, 0.25) is 0 Å². The number of furan rings is 1. The molecule has 0 radical (unpaired) electrons.